The summed E-state index contributed by atoms with van der Waals surface area (Å²) in [4.78, 5) is 2.59. The maximum Gasteiger partial charge on any atom is 0.0614 e. The third-order valence-corrected chi connectivity index (χ3v) is 4.02. The van der Waals surface area contributed by atoms with E-state index in [-0.39, 0.29) is 5.54 Å². The average Bonchev–Trinajstić information content (AvgIpc) is 2.68. The zero-order valence-corrected chi connectivity index (χ0v) is 10.9. The summed E-state index contributed by atoms with van der Waals surface area (Å²) in [5, 5.41) is 0. The highest BCUT2D eigenvalue weighted by Gasteiger charge is 2.30. The van der Waals surface area contributed by atoms with Crippen LogP contribution >= 0.6 is 0 Å². The van der Waals surface area contributed by atoms with Gasteiger partial charge in [-0.25, -0.2) is 0 Å². The molecule has 1 aliphatic heterocycles. The van der Waals surface area contributed by atoms with E-state index in [4.69, 9.17) is 0 Å². The number of hydrogen-bond acceptors (Lipinski definition) is 1. The standard InChI is InChI=1S/C16H23N/c1-3-16(2,15-11-7-6-8-12-15)17-13-9-4-5-10-14-17/h3,6-8,11-12H,1,4-5,9-10,13-14H2,2H3. The van der Waals surface area contributed by atoms with Crippen LogP contribution in [0.1, 0.15) is 38.2 Å². The summed E-state index contributed by atoms with van der Waals surface area (Å²) >= 11 is 0. The molecule has 1 unspecified atom stereocenters. The minimum absolute atomic E-state index is 0.00833. The first-order chi connectivity index (χ1) is 8.27. The molecule has 1 atom stereocenters. The lowest BCUT2D eigenvalue weighted by Crippen LogP contribution is -2.42. The maximum atomic E-state index is 4.07. The summed E-state index contributed by atoms with van der Waals surface area (Å²) in [6, 6.07) is 10.7. The highest BCUT2D eigenvalue weighted by molar-refractivity contribution is 5.28. The molecule has 1 nitrogen and oxygen atoms in total. The molecule has 1 saturated heterocycles. The van der Waals surface area contributed by atoms with E-state index in [9.17, 15) is 0 Å². The summed E-state index contributed by atoms with van der Waals surface area (Å²) in [7, 11) is 0. The largest absolute Gasteiger partial charge is 0.291 e. The van der Waals surface area contributed by atoms with Crippen LogP contribution in [0.3, 0.4) is 0 Å². The van der Waals surface area contributed by atoms with E-state index < -0.39 is 0 Å². The Balaban J connectivity index is 2.26. The maximum absolute atomic E-state index is 4.07. The van der Waals surface area contributed by atoms with Gasteiger partial charge in [0.1, 0.15) is 0 Å². The van der Waals surface area contributed by atoms with Gasteiger partial charge in [0.15, 0.2) is 0 Å². The second-order valence-corrected chi connectivity index (χ2v) is 5.12. The molecule has 1 heterocycles. The molecular formula is C16H23N. The fourth-order valence-electron chi connectivity index (χ4n) is 2.74. The summed E-state index contributed by atoms with van der Waals surface area (Å²) in [5.74, 6) is 0. The van der Waals surface area contributed by atoms with Gasteiger partial charge in [-0.2, -0.15) is 0 Å². The quantitative estimate of drug-likeness (QED) is 0.709. The van der Waals surface area contributed by atoms with Gasteiger partial charge in [0.2, 0.25) is 0 Å². The van der Waals surface area contributed by atoms with E-state index in [0.717, 1.165) is 0 Å². The van der Waals surface area contributed by atoms with E-state index in [0.29, 0.717) is 0 Å². The molecule has 92 valence electrons. The van der Waals surface area contributed by atoms with Crippen LogP contribution in [0.5, 0.6) is 0 Å². The molecule has 0 radical (unpaired) electrons. The summed E-state index contributed by atoms with van der Waals surface area (Å²) in [5.41, 5.74) is 1.35. The fourth-order valence-corrected chi connectivity index (χ4v) is 2.74. The predicted molar refractivity (Wildman–Crippen MR) is 74.0 cm³/mol. The minimum atomic E-state index is -0.00833. The van der Waals surface area contributed by atoms with Crippen molar-refractivity contribution in [2.24, 2.45) is 0 Å². The summed E-state index contributed by atoms with van der Waals surface area (Å²) in [6.07, 6.45) is 7.48. The van der Waals surface area contributed by atoms with Crippen molar-refractivity contribution in [2.45, 2.75) is 38.1 Å². The Bertz CT molecular complexity index is 349. The zero-order chi connectivity index (χ0) is 12.1. The van der Waals surface area contributed by atoms with Crippen LogP contribution in [0.25, 0.3) is 0 Å². The Morgan fingerprint density at radius 1 is 1.06 bits per heavy atom. The Labute approximate surface area is 105 Å². The van der Waals surface area contributed by atoms with E-state index in [1.54, 1.807) is 0 Å². The Morgan fingerprint density at radius 2 is 1.65 bits per heavy atom. The lowest BCUT2D eigenvalue weighted by molar-refractivity contribution is 0.152. The van der Waals surface area contributed by atoms with Crippen LogP contribution in [0, 0.1) is 0 Å². The predicted octanol–water partition coefficient (Wildman–Crippen LogP) is 3.96. The number of benzene rings is 1. The van der Waals surface area contributed by atoms with Gasteiger partial charge in [0.05, 0.1) is 5.54 Å². The monoisotopic (exact) mass is 229 g/mol. The van der Waals surface area contributed by atoms with Crippen molar-refractivity contribution in [3.63, 3.8) is 0 Å². The molecule has 1 aromatic rings. The van der Waals surface area contributed by atoms with E-state index >= 15 is 0 Å². The van der Waals surface area contributed by atoms with Crippen LogP contribution in [0.4, 0.5) is 0 Å². The second-order valence-electron chi connectivity index (χ2n) is 5.12. The second kappa shape index (κ2) is 5.50. The van der Waals surface area contributed by atoms with Crippen molar-refractivity contribution in [3.05, 3.63) is 48.6 Å². The molecule has 0 N–H and O–H groups in total. The van der Waals surface area contributed by atoms with Crippen molar-refractivity contribution in [3.8, 4) is 0 Å². The molecule has 0 bridgehead atoms. The van der Waals surface area contributed by atoms with Gasteiger partial charge in [0, 0.05) is 0 Å². The lowest BCUT2D eigenvalue weighted by atomic mass is 9.90. The molecule has 0 saturated carbocycles. The van der Waals surface area contributed by atoms with Crippen molar-refractivity contribution in [2.75, 3.05) is 13.1 Å². The van der Waals surface area contributed by atoms with Crippen molar-refractivity contribution < 1.29 is 0 Å². The first-order valence-corrected chi connectivity index (χ1v) is 6.71. The molecule has 17 heavy (non-hydrogen) atoms. The van der Waals surface area contributed by atoms with Crippen LogP contribution < -0.4 is 0 Å². The summed E-state index contributed by atoms with van der Waals surface area (Å²) in [6.45, 7) is 8.75. The van der Waals surface area contributed by atoms with Crippen molar-refractivity contribution >= 4 is 0 Å². The van der Waals surface area contributed by atoms with Crippen molar-refractivity contribution in [1.29, 1.82) is 0 Å². The van der Waals surface area contributed by atoms with E-state index in [2.05, 4.69) is 54.8 Å². The zero-order valence-electron chi connectivity index (χ0n) is 10.9. The third-order valence-electron chi connectivity index (χ3n) is 4.02. The van der Waals surface area contributed by atoms with Gasteiger partial charge in [-0.05, 0) is 38.4 Å². The highest BCUT2D eigenvalue weighted by atomic mass is 15.2. The average molecular weight is 229 g/mol. The molecular weight excluding hydrogens is 206 g/mol. The molecule has 0 amide bonds. The summed E-state index contributed by atoms with van der Waals surface area (Å²) < 4.78 is 0. The van der Waals surface area contributed by atoms with Crippen LogP contribution in [0.2, 0.25) is 0 Å². The fraction of sp³-hybridized carbons (Fsp3) is 0.500. The minimum Gasteiger partial charge on any atom is -0.291 e. The normalized spacial score (nSPS) is 21.5. The van der Waals surface area contributed by atoms with Gasteiger partial charge in [-0.1, -0.05) is 49.2 Å². The number of likely N-dealkylation sites (tertiary alicyclic amines) is 1. The van der Waals surface area contributed by atoms with E-state index in [1.165, 1.54) is 44.3 Å². The van der Waals surface area contributed by atoms with Crippen LogP contribution in [0.15, 0.2) is 43.0 Å². The SMILES string of the molecule is C=CC(C)(c1ccccc1)N1CCCCCC1. The molecule has 1 aliphatic rings. The van der Waals surface area contributed by atoms with E-state index in [1.807, 2.05) is 0 Å². The molecule has 0 spiro atoms. The molecule has 1 heteroatoms. The topological polar surface area (TPSA) is 3.24 Å². The molecule has 1 aromatic carbocycles. The third kappa shape index (κ3) is 2.61. The van der Waals surface area contributed by atoms with Gasteiger partial charge in [-0.3, -0.25) is 4.90 Å². The molecule has 0 aromatic heterocycles. The van der Waals surface area contributed by atoms with Gasteiger partial charge in [0.25, 0.3) is 0 Å². The number of hydrogen-bond donors (Lipinski definition) is 0. The Kier molecular flexibility index (Phi) is 4.01. The van der Waals surface area contributed by atoms with Crippen molar-refractivity contribution in [1.82, 2.24) is 4.90 Å². The van der Waals surface area contributed by atoms with Crippen LogP contribution in [-0.2, 0) is 5.54 Å². The van der Waals surface area contributed by atoms with Crippen LogP contribution in [-0.4, -0.2) is 18.0 Å². The first-order valence-electron chi connectivity index (χ1n) is 6.71. The smallest absolute Gasteiger partial charge is 0.0614 e. The molecule has 0 aliphatic carbocycles. The lowest BCUT2D eigenvalue weighted by Gasteiger charge is -2.39. The molecule has 2 rings (SSSR count). The molecule has 1 fully saturated rings. The van der Waals surface area contributed by atoms with Gasteiger partial charge >= 0.3 is 0 Å². The Hall–Kier alpha value is -1.08. The highest BCUT2D eigenvalue weighted by Crippen LogP contribution is 2.31. The Morgan fingerprint density at radius 3 is 2.18 bits per heavy atom. The van der Waals surface area contributed by atoms with Gasteiger partial charge in [-0.15, -0.1) is 6.58 Å². The van der Waals surface area contributed by atoms with Gasteiger partial charge < -0.3 is 0 Å². The first kappa shape index (κ1) is 12.4. The number of rotatable bonds is 3. The number of nitrogens with zero attached hydrogens (tertiary/aromatic N) is 1.